The van der Waals surface area contributed by atoms with Gasteiger partial charge in [0.2, 0.25) is 14.9 Å². The molecule has 0 unspecified atom stereocenters. The van der Waals surface area contributed by atoms with E-state index in [1.54, 1.807) is 19.1 Å². The fourth-order valence-electron chi connectivity index (χ4n) is 2.98. The molecule has 8 nitrogen and oxygen atoms in total. The van der Waals surface area contributed by atoms with Gasteiger partial charge in [0.1, 0.15) is 5.75 Å². The molecule has 9 heteroatoms. The molecule has 0 bridgehead atoms. The van der Waals surface area contributed by atoms with Crippen LogP contribution in [0.4, 0.5) is 0 Å². The monoisotopic (exact) mass is 370 g/mol. The van der Waals surface area contributed by atoms with Crippen LogP contribution in [0.25, 0.3) is 16.6 Å². The number of aromatic hydroxyl groups is 1. The lowest BCUT2D eigenvalue weighted by molar-refractivity contribution is 0.476. The van der Waals surface area contributed by atoms with Gasteiger partial charge in [-0.1, -0.05) is 17.7 Å². The van der Waals surface area contributed by atoms with E-state index in [0.29, 0.717) is 5.56 Å². The molecule has 0 fully saturated rings. The molecule has 26 heavy (non-hydrogen) atoms. The first-order valence-electron chi connectivity index (χ1n) is 7.71. The molecule has 0 aliphatic rings. The molecular formula is C17H14N4O4S. The molecule has 4 aromatic rings. The van der Waals surface area contributed by atoms with E-state index in [1.165, 1.54) is 28.8 Å². The van der Waals surface area contributed by atoms with Crippen LogP contribution in [0.5, 0.6) is 5.75 Å². The van der Waals surface area contributed by atoms with E-state index in [4.69, 9.17) is 0 Å². The Morgan fingerprint density at radius 2 is 1.88 bits per heavy atom. The number of hydrogen-bond acceptors (Lipinski definition) is 6. The summed E-state index contributed by atoms with van der Waals surface area (Å²) in [5.41, 5.74) is 1.08. The second-order valence-corrected chi connectivity index (χ2v) is 7.90. The van der Waals surface area contributed by atoms with Gasteiger partial charge in [0, 0.05) is 6.07 Å². The summed E-state index contributed by atoms with van der Waals surface area (Å²) in [6, 6.07) is 9.09. The minimum atomic E-state index is -3.99. The number of aromatic nitrogens is 4. The summed E-state index contributed by atoms with van der Waals surface area (Å²) in [4.78, 5) is 16.3. The number of phenolic OH excluding ortho intramolecular Hbond substituents is 1. The zero-order valence-corrected chi connectivity index (χ0v) is 14.7. The molecule has 0 spiro atoms. The number of phenols is 1. The van der Waals surface area contributed by atoms with Crippen LogP contribution < -0.4 is 5.56 Å². The molecule has 2 aromatic carbocycles. The molecule has 0 aliphatic heterocycles. The summed E-state index contributed by atoms with van der Waals surface area (Å²) in [6.07, 6.45) is 0. The third-order valence-electron chi connectivity index (χ3n) is 4.19. The van der Waals surface area contributed by atoms with Crippen molar-refractivity contribution in [3.8, 4) is 5.75 Å². The molecule has 0 aliphatic carbocycles. The Kier molecular flexibility index (Phi) is 3.38. The lowest BCUT2D eigenvalue weighted by Gasteiger charge is -2.06. The van der Waals surface area contributed by atoms with E-state index < -0.39 is 15.4 Å². The SMILES string of the molecule is Cc1ccc(S(=O)(=O)c2n[nH]n3c2nc(=O)c2ccc(O)cc23)c(C)c1. The number of sulfone groups is 1. The number of rotatable bonds is 2. The number of benzene rings is 2. The maximum absolute atomic E-state index is 13.1. The van der Waals surface area contributed by atoms with Crippen molar-refractivity contribution in [3.05, 3.63) is 57.9 Å². The van der Waals surface area contributed by atoms with E-state index >= 15 is 0 Å². The van der Waals surface area contributed by atoms with Crippen molar-refractivity contribution in [2.75, 3.05) is 0 Å². The summed E-state index contributed by atoms with van der Waals surface area (Å²) in [7, 11) is -3.99. The van der Waals surface area contributed by atoms with Crippen LogP contribution in [0.1, 0.15) is 11.1 Å². The van der Waals surface area contributed by atoms with E-state index in [-0.39, 0.29) is 32.2 Å². The molecule has 0 atom stereocenters. The van der Waals surface area contributed by atoms with E-state index in [2.05, 4.69) is 15.3 Å². The normalized spacial score (nSPS) is 12.1. The van der Waals surface area contributed by atoms with Gasteiger partial charge in [-0.25, -0.2) is 18.1 Å². The zero-order valence-electron chi connectivity index (χ0n) is 13.9. The summed E-state index contributed by atoms with van der Waals surface area (Å²) in [5, 5.41) is 16.1. The molecule has 2 aromatic heterocycles. The lowest BCUT2D eigenvalue weighted by atomic mass is 10.2. The Bertz CT molecular complexity index is 1350. The highest BCUT2D eigenvalue weighted by Gasteiger charge is 2.27. The lowest BCUT2D eigenvalue weighted by Crippen LogP contribution is -2.12. The largest absolute Gasteiger partial charge is 0.508 e. The molecule has 132 valence electrons. The van der Waals surface area contributed by atoms with E-state index in [1.807, 2.05) is 6.92 Å². The molecular weight excluding hydrogens is 356 g/mol. The van der Waals surface area contributed by atoms with Gasteiger partial charge in [-0.05, 0) is 37.6 Å². The quantitative estimate of drug-likeness (QED) is 0.555. The predicted molar refractivity (Wildman–Crippen MR) is 94.1 cm³/mol. The molecule has 0 saturated heterocycles. The minimum Gasteiger partial charge on any atom is -0.508 e. The van der Waals surface area contributed by atoms with Crippen molar-refractivity contribution in [3.63, 3.8) is 0 Å². The smallest absolute Gasteiger partial charge is 0.281 e. The highest BCUT2D eigenvalue weighted by Crippen LogP contribution is 2.26. The van der Waals surface area contributed by atoms with Gasteiger partial charge in [-0.3, -0.25) is 4.79 Å². The summed E-state index contributed by atoms with van der Waals surface area (Å²) in [6.45, 7) is 3.56. The molecule has 2 N–H and O–H groups in total. The van der Waals surface area contributed by atoms with Crippen molar-refractivity contribution < 1.29 is 13.5 Å². The number of H-pyrrole nitrogens is 1. The van der Waals surface area contributed by atoms with Crippen molar-refractivity contribution in [2.45, 2.75) is 23.8 Å². The molecule has 0 amide bonds. The third-order valence-corrected chi connectivity index (χ3v) is 6.01. The van der Waals surface area contributed by atoms with Crippen LogP contribution in [0, 0.1) is 13.8 Å². The van der Waals surface area contributed by atoms with Crippen molar-refractivity contribution in [1.29, 1.82) is 0 Å². The molecule has 0 saturated carbocycles. The first-order chi connectivity index (χ1) is 12.3. The van der Waals surface area contributed by atoms with Crippen LogP contribution in [0.2, 0.25) is 0 Å². The first-order valence-corrected chi connectivity index (χ1v) is 9.19. The van der Waals surface area contributed by atoms with Crippen LogP contribution in [-0.4, -0.2) is 33.3 Å². The Hall–Kier alpha value is -3.20. The van der Waals surface area contributed by atoms with E-state index in [9.17, 15) is 18.3 Å². The average Bonchev–Trinajstić information content (AvgIpc) is 2.99. The van der Waals surface area contributed by atoms with Gasteiger partial charge >= 0.3 is 0 Å². The Labute approximate surface area is 147 Å². The topological polar surface area (TPSA) is 117 Å². The van der Waals surface area contributed by atoms with Crippen LogP contribution in [0.15, 0.2) is 51.1 Å². The summed E-state index contributed by atoms with van der Waals surface area (Å²) < 4.78 is 27.4. The second kappa shape index (κ2) is 5.40. The van der Waals surface area contributed by atoms with E-state index in [0.717, 1.165) is 5.56 Å². The number of nitrogens with one attached hydrogen (secondary N) is 1. The predicted octanol–water partition coefficient (Wildman–Crippen LogP) is 1.73. The molecule has 4 rings (SSSR count). The Morgan fingerprint density at radius 1 is 1.12 bits per heavy atom. The van der Waals surface area contributed by atoms with Gasteiger partial charge in [0.25, 0.3) is 5.56 Å². The van der Waals surface area contributed by atoms with Crippen molar-refractivity contribution in [1.82, 2.24) is 19.8 Å². The van der Waals surface area contributed by atoms with Gasteiger partial charge in [-0.15, -0.1) is 5.10 Å². The second-order valence-electron chi connectivity index (χ2n) is 6.07. The van der Waals surface area contributed by atoms with Gasteiger partial charge in [-0.2, -0.15) is 4.98 Å². The fraction of sp³-hybridized carbons (Fsp3) is 0.118. The Balaban J connectivity index is 2.07. The highest BCUT2D eigenvalue weighted by atomic mass is 32.2. The van der Waals surface area contributed by atoms with Crippen LogP contribution >= 0.6 is 0 Å². The van der Waals surface area contributed by atoms with Crippen molar-refractivity contribution >= 4 is 26.4 Å². The van der Waals surface area contributed by atoms with Gasteiger partial charge < -0.3 is 5.11 Å². The summed E-state index contributed by atoms with van der Waals surface area (Å²) >= 11 is 0. The average molecular weight is 370 g/mol. The van der Waals surface area contributed by atoms with Gasteiger partial charge in [0.15, 0.2) is 5.65 Å². The Morgan fingerprint density at radius 3 is 2.62 bits per heavy atom. The van der Waals surface area contributed by atoms with Crippen LogP contribution in [-0.2, 0) is 9.84 Å². The standard InChI is InChI=1S/C17H14N4O4S/c1-9-3-6-14(10(2)7-9)26(24,25)17-15-18-16(23)12-5-4-11(22)8-13(12)21(15)20-19-17/h3-8,20,22H,1-2H3. The maximum Gasteiger partial charge on any atom is 0.281 e. The molecule has 0 radical (unpaired) electrons. The summed E-state index contributed by atoms with van der Waals surface area (Å²) in [5.74, 6) is -0.0645. The minimum absolute atomic E-state index is 0.0645. The number of nitrogens with zero attached hydrogens (tertiary/aromatic N) is 3. The van der Waals surface area contributed by atoms with Gasteiger partial charge in [0.05, 0.1) is 15.8 Å². The zero-order chi connectivity index (χ0) is 18.6. The number of aryl methyl sites for hydroxylation is 2. The first kappa shape index (κ1) is 16.3. The fourth-order valence-corrected chi connectivity index (χ4v) is 4.46. The highest BCUT2D eigenvalue weighted by molar-refractivity contribution is 7.91. The maximum atomic E-state index is 13.1. The molecule has 2 heterocycles. The number of aromatic amines is 1. The number of hydrogen-bond donors (Lipinski definition) is 2. The third kappa shape index (κ3) is 2.28. The van der Waals surface area contributed by atoms with Crippen molar-refractivity contribution in [2.24, 2.45) is 0 Å². The van der Waals surface area contributed by atoms with Crippen LogP contribution in [0.3, 0.4) is 0 Å². The number of fused-ring (bicyclic) bond motifs is 3.